The molecule has 0 saturated carbocycles. The van der Waals surface area contributed by atoms with Gasteiger partial charge in [0.25, 0.3) is 17.2 Å². The first-order chi connectivity index (χ1) is 11.4. The zero-order chi connectivity index (χ0) is 17.7. The van der Waals surface area contributed by atoms with Gasteiger partial charge in [0, 0.05) is 19.7 Å². The fraction of sp³-hybridized carbons (Fsp3) is 0.250. The van der Waals surface area contributed by atoms with Crippen molar-refractivity contribution in [3.05, 3.63) is 68.1 Å². The van der Waals surface area contributed by atoms with E-state index in [0.717, 1.165) is 23.6 Å². The number of nitrogens with one attached hydrogen (secondary N) is 1. The molecule has 0 atom stereocenters. The van der Waals surface area contributed by atoms with Gasteiger partial charge >= 0.3 is 0 Å². The summed E-state index contributed by atoms with van der Waals surface area (Å²) in [6.45, 7) is 2.71. The van der Waals surface area contributed by atoms with Gasteiger partial charge < -0.3 is 14.6 Å². The molecule has 0 aliphatic carbocycles. The molecule has 0 aliphatic heterocycles. The molecule has 0 spiro atoms. The first-order valence-electron chi connectivity index (χ1n) is 7.26. The van der Waals surface area contributed by atoms with Crippen molar-refractivity contribution in [1.29, 1.82) is 0 Å². The molecule has 8 heteroatoms. The summed E-state index contributed by atoms with van der Waals surface area (Å²) >= 11 is 0. The maximum atomic E-state index is 12.4. The van der Waals surface area contributed by atoms with Crippen molar-refractivity contribution in [1.82, 2.24) is 9.88 Å². The number of pyridine rings is 1. The topological polar surface area (TPSA) is 106 Å². The molecule has 2 aromatic rings. The van der Waals surface area contributed by atoms with Crippen LogP contribution in [0.5, 0.6) is 5.75 Å². The largest absolute Gasteiger partial charge is 0.494 e. The molecule has 1 heterocycles. The lowest BCUT2D eigenvalue weighted by atomic mass is 10.2. The minimum absolute atomic E-state index is 0.257. The number of hydrogen-bond acceptors (Lipinski definition) is 5. The normalized spacial score (nSPS) is 10.2. The fourth-order valence-electron chi connectivity index (χ4n) is 2.15. The first-order valence-corrected chi connectivity index (χ1v) is 7.26. The van der Waals surface area contributed by atoms with Crippen molar-refractivity contribution in [3.63, 3.8) is 0 Å². The number of benzene rings is 1. The Labute approximate surface area is 137 Å². The second kappa shape index (κ2) is 7.40. The van der Waals surface area contributed by atoms with Crippen molar-refractivity contribution in [2.24, 2.45) is 0 Å². The van der Waals surface area contributed by atoms with E-state index in [1.165, 1.54) is 11.9 Å². The highest BCUT2D eigenvalue weighted by atomic mass is 16.6. The third-order valence-electron chi connectivity index (χ3n) is 3.33. The van der Waals surface area contributed by atoms with E-state index in [4.69, 9.17) is 4.74 Å². The molecule has 126 valence electrons. The summed E-state index contributed by atoms with van der Waals surface area (Å²) in [6, 6.07) is 8.18. The van der Waals surface area contributed by atoms with Crippen molar-refractivity contribution in [2.75, 3.05) is 13.7 Å². The highest BCUT2D eigenvalue weighted by molar-refractivity contribution is 5.94. The zero-order valence-corrected chi connectivity index (χ0v) is 13.3. The molecule has 1 aromatic carbocycles. The number of carbonyl (C=O) groups excluding carboxylic acids is 1. The Hall–Kier alpha value is -3.16. The summed E-state index contributed by atoms with van der Waals surface area (Å²) in [7, 11) is 1.52. The molecule has 0 fully saturated rings. The van der Waals surface area contributed by atoms with Crippen LogP contribution in [0.25, 0.3) is 0 Å². The molecule has 0 saturated heterocycles. The standard InChI is InChI=1S/C16H17N3O5/c1-3-24-13-6-4-11(5-7-13)10-18(2)16(21)14-8-12(19(22)23)9-17-15(14)20/h4-9H,3,10H2,1-2H3,(H,17,20). The van der Waals surface area contributed by atoms with E-state index < -0.39 is 16.4 Å². The number of nitro groups is 1. The molecule has 0 unspecified atom stereocenters. The predicted octanol–water partition coefficient (Wildman–Crippen LogP) is 1.95. The lowest BCUT2D eigenvalue weighted by Crippen LogP contribution is -2.31. The molecule has 2 rings (SSSR count). The quantitative estimate of drug-likeness (QED) is 0.643. The van der Waals surface area contributed by atoms with Gasteiger partial charge in [-0.15, -0.1) is 0 Å². The number of H-pyrrole nitrogens is 1. The maximum Gasteiger partial charge on any atom is 0.286 e. The minimum atomic E-state index is -0.667. The van der Waals surface area contributed by atoms with Gasteiger partial charge in [-0.05, 0) is 24.6 Å². The summed E-state index contributed by atoms with van der Waals surface area (Å²) in [5.74, 6) is 0.138. The molecule has 24 heavy (non-hydrogen) atoms. The Morgan fingerprint density at radius 2 is 2.00 bits per heavy atom. The van der Waals surface area contributed by atoms with E-state index in [0.29, 0.717) is 6.61 Å². The number of rotatable bonds is 6. The van der Waals surface area contributed by atoms with Crippen LogP contribution in [0.2, 0.25) is 0 Å². The third-order valence-corrected chi connectivity index (χ3v) is 3.33. The molecule has 1 amide bonds. The van der Waals surface area contributed by atoms with Gasteiger partial charge in [-0.2, -0.15) is 0 Å². The van der Waals surface area contributed by atoms with Crippen molar-refractivity contribution >= 4 is 11.6 Å². The summed E-state index contributed by atoms with van der Waals surface area (Å²) in [4.78, 5) is 37.8. The second-order valence-electron chi connectivity index (χ2n) is 5.10. The Morgan fingerprint density at radius 3 is 2.58 bits per heavy atom. The van der Waals surface area contributed by atoms with Crippen LogP contribution >= 0.6 is 0 Å². The first kappa shape index (κ1) is 17.2. The zero-order valence-electron chi connectivity index (χ0n) is 13.3. The minimum Gasteiger partial charge on any atom is -0.494 e. The van der Waals surface area contributed by atoms with Crippen LogP contribution in [0.1, 0.15) is 22.8 Å². The van der Waals surface area contributed by atoms with Gasteiger partial charge in [-0.1, -0.05) is 12.1 Å². The molecule has 1 N–H and O–H groups in total. The average molecular weight is 331 g/mol. The van der Waals surface area contributed by atoms with Crippen LogP contribution in [0.15, 0.2) is 41.3 Å². The number of amides is 1. The second-order valence-corrected chi connectivity index (χ2v) is 5.10. The van der Waals surface area contributed by atoms with E-state index in [-0.39, 0.29) is 17.8 Å². The van der Waals surface area contributed by atoms with E-state index in [1.807, 2.05) is 19.1 Å². The van der Waals surface area contributed by atoms with Crippen LogP contribution in [0, 0.1) is 10.1 Å². The van der Waals surface area contributed by atoms with Crippen LogP contribution in [0.4, 0.5) is 5.69 Å². The van der Waals surface area contributed by atoms with Gasteiger partial charge in [0.15, 0.2) is 0 Å². The molecule has 0 bridgehead atoms. The molecule has 0 aliphatic rings. The third kappa shape index (κ3) is 3.97. The maximum absolute atomic E-state index is 12.4. The van der Waals surface area contributed by atoms with Gasteiger partial charge in [0.05, 0.1) is 17.7 Å². The van der Waals surface area contributed by atoms with Crippen molar-refractivity contribution in [2.45, 2.75) is 13.5 Å². The van der Waals surface area contributed by atoms with E-state index in [9.17, 15) is 19.7 Å². The monoisotopic (exact) mass is 331 g/mol. The van der Waals surface area contributed by atoms with Crippen LogP contribution in [-0.2, 0) is 6.54 Å². The van der Waals surface area contributed by atoms with Crippen LogP contribution < -0.4 is 10.3 Å². The SMILES string of the molecule is CCOc1ccc(CN(C)C(=O)c2cc([N+](=O)[O-])c[nH]c2=O)cc1. The lowest BCUT2D eigenvalue weighted by molar-refractivity contribution is -0.385. The highest BCUT2D eigenvalue weighted by Crippen LogP contribution is 2.15. The number of carbonyl (C=O) groups is 1. The van der Waals surface area contributed by atoms with E-state index in [1.54, 1.807) is 12.1 Å². The summed E-state index contributed by atoms with van der Waals surface area (Å²) in [6.07, 6.45) is 0.964. The van der Waals surface area contributed by atoms with Gasteiger partial charge in [-0.3, -0.25) is 19.7 Å². The number of hydrogen-bond donors (Lipinski definition) is 1. The molecule has 1 aromatic heterocycles. The highest BCUT2D eigenvalue weighted by Gasteiger charge is 2.19. The number of aromatic nitrogens is 1. The molecular weight excluding hydrogens is 314 g/mol. The fourth-order valence-corrected chi connectivity index (χ4v) is 2.15. The van der Waals surface area contributed by atoms with Crippen LogP contribution in [-0.4, -0.2) is 34.4 Å². The average Bonchev–Trinajstić information content (AvgIpc) is 2.56. The smallest absolute Gasteiger partial charge is 0.286 e. The van der Waals surface area contributed by atoms with Gasteiger partial charge in [0.2, 0.25) is 0 Å². The Morgan fingerprint density at radius 1 is 1.33 bits per heavy atom. The van der Waals surface area contributed by atoms with Crippen LogP contribution in [0.3, 0.4) is 0 Å². The number of nitrogens with zero attached hydrogens (tertiary/aromatic N) is 2. The number of ether oxygens (including phenoxy) is 1. The van der Waals surface area contributed by atoms with Gasteiger partial charge in [0.1, 0.15) is 11.3 Å². The Bertz CT molecular complexity index is 798. The summed E-state index contributed by atoms with van der Waals surface area (Å²) in [5, 5.41) is 10.8. The van der Waals surface area contributed by atoms with Crippen molar-refractivity contribution in [3.8, 4) is 5.75 Å². The van der Waals surface area contributed by atoms with Crippen molar-refractivity contribution < 1.29 is 14.5 Å². The Balaban J connectivity index is 2.16. The summed E-state index contributed by atoms with van der Waals surface area (Å²) in [5.41, 5.74) is -0.426. The summed E-state index contributed by atoms with van der Waals surface area (Å²) < 4.78 is 5.34. The predicted molar refractivity (Wildman–Crippen MR) is 87.1 cm³/mol. The van der Waals surface area contributed by atoms with E-state index in [2.05, 4.69) is 4.98 Å². The molecular formula is C16H17N3O5. The molecule has 8 nitrogen and oxygen atoms in total. The molecule has 0 radical (unpaired) electrons. The Kier molecular flexibility index (Phi) is 5.31. The van der Waals surface area contributed by atoms with Gasteiger partial charge in [-0.25, -0.2) is 0 Å². The lowest BCUT2D eigenvalue weighted by Gasteiger charge is -2.17. The van der Waals surface area contributed by atoms with E-state index >= 15 is 0 Å². The number of aromatic amines is 1.